The Labute approximate surface area is 108 Å². The highest BCUT2D eigenvalue weighted by Gasteiger charge is 2.03. The van der Waals surface area contributed by atoms with Crippen LogP contribution in [0.4, 0.5) is 5.69 Å². The molecule has 0 unspecified atom stereocenters. The first-order valence-electron chi connectivity index (χ1n) is 6.56. The Kier molecular flexibility index (Phi) is 4.34. The average Bonchev–Trinajstić information content (AvgIpc) is 2.86. The topological polar surface area (TPSA) is 42.7 Å². The first-order chi connectivity index (χ1) is 8.83. The fourth-order valence-electron chi connectivity index (χ4n) is 1.81. The lowest BCUT2D eigenvalue weighted by Gasteiger charge is -2.05. The molecule has 2 rings (SSSR count). The second-order valence-electron chi connectivity index (χ2n) is 4.35. The molecule has 0 aliphatic rings. The third-order valence-corrected chi connectivity index (χ3v) is 2.72. The van der Waals surface area contributed by atoms with Crippen molar-refractivity contribution in [3.8, 4) is 11.3 Å². The van der Waals surface area contributed by atoms with Gasteiger partial charge in [0.2, 0.25) is 0 Å². The molecule has 0 radical (unpaired) electrons. The summed E-state index contributed by atoms with van der Waals surface area (Å²) in [6.07, 6.45) is 7.97. The third kappa shape index (κ3) is 3.09. The van der Waals surface area contributed by atoms with E-state index in [-0.39, 0.29) is 0 Å². The molecule has 2 aromatic rings. The van der Waals surface area contributed by atoms with E-state index in [0.717, 1.165) is 42.9 Å². The molecule has 0 spiro atoms. The van der Waals surface area contributed by atoms with E-state index < -0.39 is 0 Å². The number of pyridine rings is 1. The number of aryl methyl sites for hydroxylation is 1. The van der Waals surface area contributed by atoms with Gasteiger partial charge in [-0.3, -0.25) is 9.67 Å². The van der Waals surface area contributed by atoms with Gasteiger partial charge in [-0.1, -0.05) is 13.8 Å². The fraction of sp³-hybridized carbons (Fsp3) is 0.429. The van der Waals surface area contributed by atoms with E-state index in [0.29, 0.717) is 0 Å². The van der Waals surface area contributed by atoms with Crippen LogP contribution in [0.5, 0.6) is 0 Å². The third-order valence-electron chi connectivity index (χ3n) is 2.72. The number of anilines is 1. The molecule has 0 fully saturated rings. The zero-order valence-corrected chi connectivity index (χ0v) is 11.1. The summed E-state index contributed by atoms with van der Waals surface area (Å²) in [4.78, 5) is 4.40. The van der Waals surface area contributed by atoms with Crippen molar-refractivity contribution >= 4 is 5.69 Å². The lowest BCUT2D eigenvalue weighted by atomic mass is 10.2. The quantitative estimate of drug-likeness (QED) is 0.848. The molecule has 0 aliphatic heterocycles. The molecule has 0 saturated carbocycles. The van der Waals surface area contributed by atoms with Crippen LogP contribution in [0.2, 0.25) is 0 Å². The number of rotatable bonds is 6. The van der Waals surface area contributed by atoms with Crippen LogP contribution in [0.1, 0.15) is 26.7 Å². The summed E-state index contributed by atoms with van der Waals surface area (Å²) in [7, 11) is 0. The van der Waals surface area contributed by atoms with Crippen LogP contribution in [-0.4, -0.2) is 21.3 Å². The van der Waals surface area contributed by atoms with Crippen molar-refractivity contribution in [2.45, 2.75) is 33.2 Å². The van der Waals surface area contributed by atoms with Crippen LogP contribution in [0.15, 0.2) is 30.7 Å². The molecule has 1 N–H and O–H groups in total. The van der Waals surface area contributed by atoms with Gasteiger partial charge in [0.1, 0.15) is 0 Å². The van der Waals surface area contributed by atoms with Crippen molar-refractivity contribution in [1.82, 2.24) is 14.8 Å². The molecule has 0 bridgehead atoms. The highest BCUT2D eigenvalue weighted by Crippen LogP contribution is 2.19. The SMILES string of the molecule is CCCNc1ccnc(-c2cnn(CCC)c2)c1. The minimum absolute atomic E-state index is 0.952. The number of hydrogen-bond donors (Lipinski definition) is 1. The van der Waals surface area contributed by atoms with Gasteiger partial charge in [-0.15, -0.1) is 0 Å². The summed E-state index contributed by atoms with van der Waals surface area (Å²) in [6, 6.07) is 4.07. The maximum absolute atomic E-state index is 4.40. The average molecular weight is 244 g/mol. The lowest BCUT2D eigenvalue weighted by molar-refractivity contribution is 0.603. The van der Waals surface area contributed by atoms with Crippen LogP contribution in [0.3, 0.4) is 0 Å². The van der Waals surface area contributed by atoms with E-state index in [4.69, 9.17) is 0 Å². The molecule has 2 heterocycles. The predicted molar refractivity (Wildman–Crippen MR) is 74.5 cm³/mol. The van der Waals surface area contributed by atoms with Gasteiger partial charge in [0.15, 0.2) is 0 Å². The fourth-order valence-corrected chi connectivity index (χ4v) is 1.81. The van der Waals surface area contributed by atoms with E-state index in [1.807, 2.05) is 23.1 Å². The first-order valence-corrected chi connectivity index (χ1v) is 6.56. The van der Waals surface area contributed by atoms with E-state index in [2.05, 4.69) is 41.5 Å². The molecule has 0 saturated heterocycles. The number of hydrogen-bond acceptors (Lipinski definition) is 3. The Hall–Kier alpha value is -1.84. The molecule has 4 heteroatoms. The standard InChI is InChI=1S/C14H20N4/c1-3-6-15-13-5-7-16-14(9-13)12-10-17-18(11-12)8-4-2/h5,7,9-11H,3-4,6,8H2,1-2H3,(H,15,16). The molecule has 4 nitrogen and oxygen atoms in total. The monoisotopic (exact) mass is 244 g/mol. The van der Waals surface area contributed by atoms with Crippen molar-refractivity contribution in [3.63, 3.8) is 0 Å². The number of nitrogens with zero attached hydrogens (tertiary/aromatic N) is 3. The molecule has 0 aliphatic carbocycles. The molecular weight excluding hydrogens is 224 g/mol. The van der Waals surface area contributed by atoms with Gasteiger partial charge in [-0.05, 0) is 25.0 Å². The van der Waals surface area contributed by atoms with Crippen molar-refractivity contribution < 1.29 is 0 Å². The normalized spacial score (nSPS) is 10.6. The van der Waals surface area contributed by atoms with Gasteiger partial charge < -0.3 is 5.32 Å². The van der Waals surface area contributed by atoms with E-state index in [9.17, 15) is 0 Å². The minimum Gasteiger partial charge on any atom is -0.385 e. The van der Waals surface area contributed by atoms with Crippen LogP contribution < -0.4 is 5.32 Å². The molecular formula is C14H20N4. The highest BCUT2D eigenvalue weighted by molar-refractivity contribution is 5.62. The van der Waals surface area contributed by atoms with Crippen LogP contribution >= 0.6 is 0 Å². The smallest absolute Gasteiger partial charge is 0.0754 e. The van der Waals surface area contributed by atoms with Crippen molar-refractivity contribution in [2.75, 3.05) is 11.9 Å². The Balaban J connectivity index is 2.15. The lowest BCUT2D eigenvalue weighted by Crippen LogP contribution is -1.99. The molecule has 0 aromatic carbocycles. The largest absolute Gasteiger partial charge is 0.385 e. The van der Waals surface area contributed by atoms with Crippen molar-refractivity contribution in [2.24, 2.45) is 0 Å². The Bertz CT molecular complexity index is 490. The van der Waals surface area contributed by atoms with Gasteiger partial charge in [0.25, 0.3) is 0 Å². The molecule has 0 amide bonds. The molecule has 2 aromatic heterocycles. The summed E-state index contributed by atoms with van der Waals surface area (Å²) in [6.45, 7) is 6.24. The van der Waals surface area contributed by atoms with Crippen LogP contribution in [-0.2, 0) is 6.54 Å². The maximum Gasteiger partial charge on any atom is 0.0754 e. The van der Waals surface area contributed by atoms with Gasteiger partial charge in [-0.2, -0.15) is 5.10 Å². The van der Waals surface area contributed by atoms with Gasteiger partial charge in [0.05, 0.1) is 11.9 Å². The molecule has 18 heavy (non-hydrogen) atoms. The second-order valence-corrected chi connectivity index (χ2v) is 4.35. The summed E-state index contributed by atoms with van der Waals surface area (Å²) >= 11 is 0. The van der Waals surface area contributed by atoms with Gasteiger partial charge in [-0.25, -0.2) is 0 Å². The number of nitrogens with one attached hydrogen (secondary N) is 1. The van der Waals surface area contributed by atoms with Crippen LogP contribution in [0.25, 0.3) is 11.3 Å². The van der Waals surface area contributed by atoms with E-state index in [1.165, 1.54) is 0 Å². The minimum atomic E-state index is 0.952. The highest BCUT2D eigenvalue weighted by atomic mass is 15.3. The summed E-state index contributed by atoms with van der Waals surface area (Å²) < 4.78 is 1.96. The Morgan fingerprint density at radius 2 is 2.17 bits per heavy atom. The first kappa shape index (κ1) is 12.6. The molecule has 96 valence electrons. The summed E-state index contributed by atoms with van der Waals surface area (Å²) in [5.41, 5.74) is 3.16. The van der Waals surface area contributed by atoms with E-state index in [1.54, 1.807) is 0 Å². The van der Waals surface area contributed by atoms with Crippen LogP contribution in [0, 0.1) is 0 Å². The zero-order valence-electron chi connectivity index (χ0n) is 11.1. The van der Waals surface area contributed by atoms with Gasteiger partial charge in [0, 0.05) is 36.7 Å². The second kappa shape index (κ2) is 6.19. The Morgan fingerprint density at radius 3 is 2.94 bits per heavy atom. The zero-order chi connectivity index (χ0) is 12.8. The van der Waals surface area contributed by atoms with Crippen molar-refractivity contribution in [3.05, 3.63) is 30.7 Å². The number of aromatic nitrogens is 3. The maximum atomic E-state index is 4.40. The summed E-state index contributed by atoms with van der Waals surface area (Å²) in [5.74, 6) is 0. The Morgan fingerprint density at radius 1 is 1.28 bits per heavy atom. The molecule has 0 atom stereocenters. The van der Waals surface area contributed by atoms with Gasteiger partial charge >= 0.3 is 0 Å². The predicted octanol–water partition coefficient (Wildman–Crippen LogP) is 3.18. The van der Waals surface area contributed by atoms with E-state index >= 15 is 0 Å². The summed E-state index contributed by atoms with van der Waals surface area (Å²) in [5, 5.41) is 7.70. The van der Waals surface area contributed by atoms with Crippen molar-refractivity contribution in [1.29, 1.82) is 0 Å².